The van der Waals surface area contributed by atoms with E-state index in [1.807, 2.05) is 6.08 Å². The van der Waals surface area contributed by atoms with Gasteiger partial charge in [0, 0.05) is 6.42 Å². The van der Waals surface area contributed by atoms with Crippen molar-refractivity contribution in [1.82, 2.24) is 5.32 Å². The molecule has 0 spiro atoms. The minimum atomic E-state index is -1.78. The Morgan fingerprint density at radius 1 is 0.507 bits per heavy atom. The van der Waals surface area contributed by atoms with Gasteiger partial charge in [-0.1, -0.05) is 225 Å². The SMILES string of the molecule is CCCCCCCCCCCCC/C=C/C(O)C(COC1OC(CO)C(OC2OC(CO)C(O)C(O)C2O)C(O)C1O)NC(=O)CCCCCCCCCCCCCCCCCCCCCCCC. The fourth-order valence-electron chi connectivity index (χ4n) is 9.59. The largest absolute Gasteiger partial charge is 0.394 e. The van der Waals surface area contributed by atoms with Gasteiger partial charge in [0.2, 0.25) is 5.91 Å². The summed E-state index contributed by atoms with van der Waals surface area (Å²) in [6, 6.07) is -0.908. The fourth-order valence-corrected chi connectivity index (χ4v) is 9.59. The highest BCUT2D eigenvalue weighted by atomic mass is 16.7. The van der Waals surface area contributed by atoms with E-state index in [0.29, 0.717) is 6.42 Å². The molecule has 0 bridgehead atoms. The summed E-state index contributed by atoms with van der Waals surface area (Å²) in [7, 11) is 0. The molecule has 69 heavy (non-hydrogen) atoms. The Morgan fingerprint density at radius 3 is 1.33 bits per heavy atom. The van der Waals surface area contributed by atoms with Crippen LogP contribution in [0.2, 0.25) is 0 Å². The molecule has 0 aliphatic carbocycles. The summed E-state index contributed by atoms with van der Waals surface area (Å²) in [6.45, 7) is 2.81. The molecule has 408 valence electrons. The van der Waals surface area contributed by atoms with Crippen LogP contribution in [0.15, 0.2) is 12.2 Å². The van der Waals surface area contributed by atoms with Crippen LogP contribution in [0.25, 0.3) is 0 Å². The molecule has 2 fully saturated rings. The van der Waals surface area contributed by atoms with Gasteiger partial charge in [-0.25, -0.2) is 0 Å². The molecule has 0 radical (unpaired) electrons. The summed E-state index contributed by atoms with van der Waals surface area (Å²) in [5.41, 5.74) is 0. The van der Waals surface area contributed by atoms with E-state index in [2.05, 4.69) is 19.2 Å². The molecule has 0 saturated carbocycles. The van der Waals surface area contributed by atoms with E-state index in [4.69, 9.17) is 18.9 Å². The van der Waals surface area contributed by atoms with E-state index in [1.54, 1.807) is 6.08 Å². The van der Waals surface area contributed by atoms with Crippen LogP contribution in [0.3, 0.4) is 0 Å². The molecule has 12 unspecified atom stereocenters. The van der Waals surface area contributed by atoms with Crippen molar-refractivity contribution in [2.24, 2.45) is 0 Å². The number of rotatable bonds is 45. The predicted octanol–water partition coefficient (Wildman–Crippen LogP) is 8.72. The summed E-state index contributed by atoms with van der Waals surface area (Å²) in [5, 5.41) is 86.9. The van der Waals surface area contributed by atoms with Gasteiger partial charge in [0.15, 0.2) is 12.6 Å². The third kappa shape index (κ3) is 28.7. The molecule has 0 aromatic heterocycles. The fraction of sp³-hybridized carbons (Fsp3) is 0.945. The van der Waals surface area contributed by atoms with Gasteiger partial charge in [-0.15, -0.1) is 0 Å². The second kappa shape index (κ2) is 42.1. The van der Waals surface area contributed by atoms with E-state index in [9.17, 15) is 45.6 Å². The summed E-state index contributed by atoms with van der Waals surface area (Å²) in [4.78, 5) is 13.2. The maximum Gasteiger partial charge on any atom is 0.220 e. The summed E-state index contributed by atoms with van der Waals surface area (Å²) in [6.07, 6.45) is 29.7. The van der Waals surface area contributed by atoms with Crippen molar-refractivity contribution in [3.05, 3.63) is 12.2 Å². The molecule has 9 N–H and O–H groups in total. The first kappa shape index (κ1) is 63.8. The van der Waals surface area contributed by atoms with Crippen LogP contribution in [0.4, 0.5) is 0 Å². The highest BCUT2D eigenvalue weighted by molar-refractivity contribution is 5.76. The summed E-state index contributed by atoms with van der Waals surface area (Å²) in [5.74, 6) is -0.235. The lowest BCUT2D eigenvalue weighted by atomic mass is 9.97. The number of allylic oxidation sites excluding steroid dienone is 1. The molecule has 14 heteroatoms. The van der Waals surface area contributed by atoms with Gasteiger partial charge in [-0.2, -0.15) is 0 Å². The van der Waals surface area contributed by atoms with Gasteiger partial charge in [0.25, 0.3) is 0 Å². The minimum absolute atomic E-state index is 0.235. The van der Waals surface area contributed by atoms with E-state index < -0.39 is 86.8 Å². The van der Waals surface area contributed by atoms with Crippen LogP contribution in [-0.2, 0) is 23.7 Å². The number of nitrogens with one attached hydrogen (secondary N) is 1. The lowest BCUT2D eigenvalue weighted by Crippen LogP contribution is -2.65. The molecule has 2 saturated heterocycles. The van der Waals surface area contributed by atoms with Crippen molar-refractivity contribution in [2.75, 3.05) is 19.8 Å². The molecular weight excluding hydrogens is 883 g/mol. The molecule has 2 heterocycles. The lowest BCUT2D eigenvalue weighted by Gasteiger charge is -2.46. The predicted molar refractivity (Wildman–Crippen MR) is 272 cm³/mol. The zero-order chi connectivity index (χ0) is 50.3. The van der Waals surface area contributed by atoms with Gasteiger partial charge in [-0.3, -0.25) is 4.79 Å². The second-order valence-electron chi connectivity index (χ2n) is 20.4. The smallest absolute Gasteiger partial charge is 0.220 e. The third-order valence-corrected chi connectivity index (χ3v) is 14.2. The second-order valence-corrected chi connectivity index (χ2v) is 20.4. The number of carbonyl (C=O) groups excluding carboxylic acids is 1. The number of amides is 1. The van der Waals surface area contributed by atoms with Crippen molar-refractivity contribution in [3.63, 3.8) is 0 Å². The van der Waals surface area contributed by atoms with Crippen LogP contribution in [0.1, 0.15) is 239 Å². The molecule has 1 amide bonds. The molecule has 0 aromatic carbocycles. The van der Waals surface area contributed by atoms with Crippen LogP contribution in [0, 0.1) is 0 Å². The molecule has 2 aliphatic heterocycles. The normalized spacial score (nSPS) is 26.2. The van der Waals surface area contributed by atoms with Gasteiger partial charge in [0.1, 0.15) is 48.8 Å². The quantitative estimate of drug-likeness (QED) is 0.0206. The monoisotopic (exact) mass is 988 g/mol. The van der Waals surface area contributed by atoms with Gasteiger partial charge < -0.3 is 65.1 Å². The van der Waals surface area contributed by atoms with Crippen molar-refractivity contribution in [1.29, 1.82) is 0 Å². The zero-order valence-corrected chi connectivity index (χ0v) is 43.6. The van der Waals surface area contributed by atoms with E-state index in [0.717, 1.165) is 38.5 Å². The number of aliphatic hydroxyl groups excluding tert-OH is 8. The Labute approximate surface area is 418 Å². The molecule has 2 rings (SSSR count). The number of carbonyl (C=O) groups is 1. The van der Waals surface area contributed by atoms with Crippen LogP contribution >= 0.6 is 0 Å². The lowest BCUT2D eigenvalue weighted by molar-refractivity contribution is -0.359. The highest BCUT2D eigenvalue weighted by Crippen LogP contribution is 2.30. The maximum atomic E-state index is 13.2. The first-order chi connectivity index (χ1) is 33.6. The first-order valence-corrected chi connectivity index (χ1v) is 28.4. The molecular formula is C55H105NO13. The van der Waals surface area contributed by atoms with Crippen molar-refractivity contribution in [3.8, 4) is 0 Å². The summed E-state index contributed by atoms with van der Waals surface area (Å²) < 4.78 is 22.7. The number of hydrogen-bond acceptors (Lipinski definition) is 13. The van der Waals surface area contributed by atoms with Crippen LogP contribution in [0.5, 0.6) is 0 Å². The highest BCUT2D eigenvalue weighted by Gasteiger charge is 2.51. The van der Waals surface area contributed by atoms with E-state index in [-0.39, 0.29) is 18.9 Å². The Balaban J connectivity index is 1.76. The first-order valence-electron chi connectivity index (χ1n) is 28.4. The average molecular weight is 988 g/mol. The standard InChI is InChI=1S/C55H105NO13/c1-3-5-7-9-11-13-15-17-18-19-20-21-22-23-24-25-27-29-31-33-35-37-39-47(60)56-43(44(59)38-36-34-32-30-28-26-16-14-12-10-8-6-4-2)42-66-54-52(65)50(63)53(46(41-58)68-54)69-55-51(64)49(62)48(61)45(40-57)67-55/h36,38,43-46,48-55,57-59,61-65H,3-35,37,39-42H2,1-2H3,(H,56,60)/b38-36+. The topological polar surface area (TPSA) is 228 Å². The molecule has 14 nitrogen and oxygen atoms in total. The van der Waals surface area contributed by atoms with Crippen LogP contribution < -0.4 is 5.32 Å². The van der Waals surface area contributed by atoms with Gasteiger partial charge in [0.05, 0.1) is 32.0 Å². The minimum Gasteiger partial charge on any atom is -0.394 e. The summed E-state index contributed by atoms with van der Waals surface area (Å²) >= 11 is 0. The van der Waals surface area contributed by atoms with Crippen molar-refractivity contribution in [2.45, 2.75) is 312 Å². The maximum absolute atomic E-state index is 13.2. The third-order valence-electron chi connectivity index (χ3n) is 14.2. The molecule has 0 aromatic rings. The number of hydrogen-bond donors (Lipinski definition) is 9. The molecule has 2 aliphatic rings. The van der Waals surface area contributed by atoms with Gasteiger partial charge >= 0.3 is 0 Å². The Hall–Kier alpha value is -1.27. The number of ether oxygens (including phenoxy) is 4. The Kier molecular flexibility index (Phi) is 39.0. The Morgan fingerprint density at radius 2 is 0.899 bits per heavy atom. The van der Waals surface area contributed by atoms with E-state index >= 15 is 0 Å². The van der Waals surface area contributed by atoms with Crippen molar-refractivity contribution >= 4 is 5.91 Å². The zero-order valence-electron chi connectivity index (χ0n) is 43.6. The molecule has 12 atom stereocenters. The van der Waals surface area contributed by atoms with Crippen molar-refractivity contribution < 1.29 is 64.6 Å². The number of unbranched alkanes of at least 4 members (excludes halogenated alkanes) is 32. The van der Waals surface area contributed by atoms with E-state index in [1.165, 1.54) is 173 Å². The van der Waals surface area contributed by atoms with Gasteiger partial charge in [-0.05, 0) is 19.3 Å². The van der Waals surface area contributed by atoms with Crippen LogP contribution in [-0.4, -0.2) is 140 Å². The average Bonchev–Trinajstić information content (AvgIpc) is 3.35. The number of aliphatic hydroxyl groups is 8. The Bertz CT molecular complexity index is 1210.